The smallest absolute Gasteiger partial charge is 0.263 e. The average Bonchev–Trinajstić information content (AvgIpc) is 2.90. The molecule has 1 amide bonds. The molecule has 2 heterocycles. The lowest BCUT2D eigenvalue weighted by Gasteiger charge is -2.33. The van der Waals surface area contributed by atoms with Crippen molar-refractivity contribution in [1.29, 1.82) is 0 Å². The summed E-state index contributed by atoms with van der Waals surface area (Å²) in [5.74, 6) is 1.92. The summed E-state index contributed by atoms with van der Waals surface area (Å²) in [5.41, 5.74) is 1.93. The lowest BCUT2D eigenvalue weighted by molar-refractivity contribution is -0.118. The lowest BCUT2D eigenvalue weighted by atomic mass is 9.99. The van der Waals surface area contributed by atoms with E-state index in [-0.39, 0.29) is 12.5 Å². The summed E-state index contributed by atoms with van der Waals surface area (Å²) in [6.45, 7) is 6.21. The molecule has 0 radical (unpaired) electrons. The molecule has 1 aromatic carbocycles. The van der Waals surface area contributed by atoms with E-state index in [1.807, 2.05) is 31.2 Å². The molecule has 0 bridgehead atoms. The van der Waals surface area contributed by atoms with Gasteiger partial charge in [0.2, 0.25) is 0 Å². The van der Waals surface area contributed by atoms with Gasteiger partial charge in [-0.15, -0.1) is 0 Å². The molecule has 1 saturated heterocycles. The van der Waals surface area contributed by atoms with Crippen LogP contribution in [0.1, 0.15) is 25.5 Å². The number of carbonyl (C=O) groups is 1. The Morgan fingerprint density at radius 2 is 2.20 bits per heavy atom. The molecule has 1 fully saturated rings. The highest BCUT2D eigenvalue weighted by atomic mass is 16.5. The first-order valence-corrected chi connectivity index (χ1v) is 8.80. The molecule has 0 spiro atoms. The first-order chi connectivity index (χ1) is 12.0. The number of hydrogen-bond donors (Lipinski definition) is 1. The van der Waals surface area contributed by atoms with Gasteiger partial charge in [-0.05, 0) is 37.8 Å². The van der Waals surface area contributed by atoms with Crippen LogP contribution in [-0.2, 0) is 11.8 Å². The zero-order valence-corrected chi connectivity index (χ0v) is 15.2. The third kappa shape index (κ3) is 4.32. The first kappa shape index (κ1) is 17.3. The average molecular weight is 342 g/mol. The molecule has 1 aliphatic rings. The molecule has 2 aromatic rings. The number of nitrogens with one attached hydrogen (secondary N) is 1. The van der Waals surface area contributed by atoms with Crippen molar-refractivity contribution in [3.05, 3.63) is 36.0 Å². The van der Waals surface area contributed by atoms with Gasteiger partial charge in [0, 0.05) is 26.2 Å². The monoisotopic (exact) mass is 342 g/mol. The molecule has 25 heavy (non-hydrogen) atoms. The van der Waals surface area contributed by atoms with E-state index in [0.29, 0.717) is 11.7 Å². The van der Waals surface area contributed by atoms with Gasteiger partial charge in [0.15, 0.2) is 6.61 Å². The van der Waals surface area contributed by atoms with Gasteiger partial charge in [-0.3, -0.25) is 9.48 Å². The van der Waals surface area contributed by atoms with Gasteiger partial charge in [-0.2, -0.15) is 5.10 Å². The molecule has 0 unspecified atom stereocenters. The summed E-state index contributed by atoms with van der Waals surface area (Å²) >= 11 is 0. The van der Waals surface area contributed by atoms with Gasteiger partial charge in [0.1, 0.15) is 11.6 Å². The Morgan fingerprint density at radius 3 is 2.92 bits per heavy atom. The largest absolute Gasteiger partial charge is 0.482 e. The SMILES string of the molecule is Cc1cc(NC(=O)COc2ccccc2N2CCC[C@H](C)C2)n(C)n1. The number of benzene rings is 1. The highest BCUT2D eigenvalue weighted by Gasteiger charge is 2.19. The van der Waals surface area contributed by atoms with E-state index in [9.17, 15) is 4.79 Å². The van der Waals surface area contributed by atoms with Crippen LogP contribution in [0, 0.1) is 12.8 Å². The minimum Gasteiger partial charge on any atom is -0.482 e. The molecule has 6 nitrogen and oxygen atoms in total. The van der Waals surface area contributed by atoms with Crippen molar-refractivity contribution in [2.75, 3.05) is 29.9 Å². The van der Waals surface area contributed by atoms with Crippen LogP contribution in [0.4, 0.5) is 11.5 Å². The van der Waals surface area contributed by atoms with Crippen molar-refractivity contribution in [1.82, 2.24) is 9.78 Å². The molecule has 0 saturated carbocycles. The van der Waals surface area contributed by atoms with Gasteiger partial charge in [0.25, 0.3) is 5.91 Å². The maximum atomic E-state index is 12.2. The molecule has 3 rings (SSSR count). The quantitative estimate of drug-likeness (QED) is 0.907. The molecule has 134 valence electrons. The van der Waals surface area contributed by atoms with E-state index in [0.717, 1.165) is 30.2 Å². The van der Waals surface area contributed by atoms with Crippen molar-refractivity contribution in [3.63, 3.8) is 0 Å². The van der Waals surface area contributed by atoms with E-state index >= 15 is 0 Å². The van der Waals surface area contributed by atoms with Crippen molar-refractivity contribution in [3.8, 4) is 5.75 Å². The van der Waals surface area contributed by atoms with E-state index in [1.54, 1.807) is 11.7 Å². The Kier molecular flexibility index (Phi) is 5.26. The molecular weight excluding hydrogens is 316 g/mol. The maximum absolute atomic E-state index is 12.2. The Balaban J connectivity index is 1.63. The minimum absolute atomic E-state index is 0.0232. The van der Waals surface area contributed by atoms with Crippen LogP contribution in [0.5, 0.6) is 5.75 Å². The van der Waals surface area contributed by atoms with Gasteiger partial charge in [0.05, 0.1) is 11.4 Å². The van der Waals surface area contributed by atoms with Crippen LogP contribution in [0.25, 0.3) is 0 Å². The second-order valence-corrected chi connectivity index (χ2v) is 6.79. The topological polar surface area (TPSA) is 59.4 Å². The molecule has 1 N–H and O–H groups in total. The number of piperidine rings is 1. The Labute approximate surface area is 148 Å². The van der Waals surface area contributed by atoms with Crippen molar-refractivity contribution < 1.29 is 9.53 Å². The summed E-state index contributed by atoms with van der Waals surface area (Å²) in [6.07, 6.45) is 2.46. The third-order valence-electron chi connectivity index (χ3n) is 4.49. The standard InChI is InChI=1S/C19H26N4O2/c1-14-7-6-10-23(12-14)16-8-4-5-9-17(16)25-13-19(24)20-18-11-15(2)21-22(18)3/h4-5,8-9,11,14H,6-7,10,12-13H2,1-3H3,(H,20,24)/t14-/m0/s1. The third-order valence-corrected chi connectivity index (χ3v) is 4.49. The van der Waals surface area contributed by atoms with E-state index < -0.39 is 0 Å². The molecule has 1 aliphatic heterocycles. The second-order valence-electron chi connectivity index (χ2n) is 6.79. The number of nitrogens with zero attached hydrogens (tertiary/aromatic N) is 3. The molecule has 1 atom stereocenters. The van der Waals surface area contributed by atoms with Gasteiger partial charge < -0.3 is 15.0 Å². The van der Waals surface area contributed by atoms with Gasteiger partial charge in [-0.1, -0.05) is 19.1 Å². The zero-order valence-electron chi connectivity index (χ0n) is 15.2. The zero-order chi connectivity index (χ0) is 17.8. The summed E-state index contributed by atoms with van der Waals surface area (Å²) in [5, 5.41) is 7.05. The number of aryl methyl sites for hydroxylation is 2. The van der Waals surface area contributed by atoms with E-state index in [2.05, 4.69) is 28.3 Å². The fourth-order valence-corrected chi connectivity index (χ4v) is 3.30. The summed E-state index contributed by atoms with van der Waals surface area (Å²) in [6, 6.07) is 9.78. The van der Waals surface area contributed by atoms with Gasteiger partial charge >= 0.3 is 0 Å². The number of ether oxygens (including phenoxy) is 1. The fraction of sp³-hybridized carbons (Fsp3) is 0.474. The van der Waals surface area contributed by atoms with Crippen LogP contribution < -0.4 is 15.0 Å². The summed E-state index contributed by atoms with van der Waals surface area (Å²) < 4.78 is 7.47. The van der Waals surface area contributed by atoms with Crippen LogP contribution in [-0.4, -0.2) is 35.4 Å². The Bertz CT molecular complexity index is 741. The van der Waals surface area contributed by atoms with Crippen LogP contribution in [0.15, 0.2) is 30.3 Å². The lowest BCUT2D eigenvalue weighted by Crippen LogP contribution is -2.34. The predicted octanol–water partition coefficient (Wildman–Crippen LogP) is 2.98. The molecule has 0 aliphatic carbocycles. The summed E-state index contributed by atoms with van der Waals surface area (Å²) in [7, 11) is 1.80. The van der Waals surface area contributed by atoms with Crippen LogP contribution in [0.2, 0.25) is 0 Å². The Hall–Kier alpha value is -2.50. The fourth-order valence-electron chi connectivity index (χ4n) is 3.30. The van der Waals surface area contributed by atoms with Crippen molar-refractivity contribution in [2.24, 2.45) is 13.0 Å². The Morgan fingerprint density at radius 1 is 1.40 bits per heavy atom. The summed E-state index contributed by atoms with van der Waals surface area (Å²) in [4.78, 5) is 14.5. The number of anilines is 2. The number of para-hydroxylation sites is 2. The normalized spacial score (nSPS) is 17.4. The highest BCUT2D eigenvalue weighted by molar-refractivity contribution is 5.91. The van der Waals surface area contributed by atoms with E-state index in [4.69, 9.17) is 4.74 Å². The van der Waals surface area contributed by atoms with Crippen molar-refractivity contribution in [2.45, 2.75) is 26.7 Å². The van der Waals surface area contributed by atoms with Gasteiger partial charge in [-0.25, -0.2) is 0 Å². The van der Waals surface area contributed by atoms with Crippen LogP contribution >= 0.6 is 0 Å². The number of carbonyl (C=O) groups excluding carboxylic acids is 1. The number of aromatic nitrogens is 2. The van der Waals surface area contributed by atoms with Crippen molar-refractivity contribution >= 4 is 17.4 Å². The highest BCUT2D eigenvalue weighted by Crippen LogP contribution is 2.31. The van der Waals surface area contributed by atoms with Crippen LogP contribution in [0.3, 0.4) is 0 Å². The molecule has 6 heteroatoms. The first-order valence-electron chi connectivity index (χ1n) is 8.80. The second kappa shape index (κ2) is 7.59. The van der Waals surface area contributed by atoms with E-state index in [1.165, 1.54) is 12.8 Å². The predicted molar refractivity (Wildman–Crippen MR) is 99.1 cm³/mol. The molecular formula is C19H26N4O2. The number of amides is 1. The number of hydrogen-bond acceptors (Lipinski definition) is 4. The maximum Gasteiger partial charge on any atom is 0.263 e. The minimum atomic E-state index is -0.190. The molecule has 1 aromatic heterocycles. The number of rotatable bonds is 5.